The average Bonchev–Trinajstić information content (AvgIpc) is 2.73. The van der Waals surface area contributed by atoms with Crippen LogP contribution in [0.3, 0.4) is 0 Å². The van der Waals surface area contributed by atoms with E-state index >= 15 is 0 Å². The molecule has 2 aromatic rings. The molecule has 1 heterocycles. The number of benzene rings is 1. The molecule has 0 saturated heterocycles. The van der Waals surface area contributed by atoms with Crippen molar-refractivity contribution in [1.29, 1.82) is 5.26 Å². The zero-order valence-corrected chi connectivity index (χ0v) is 11.8. The highest BCUT2D eigenvalue weighted by molar-refractivity contribution is 9.10. The van der Waals surface area contributed by atoms with Crippen LogP contribution in [-0.4, -0.2) is 9.78 Å². The summed E-state index contributed by atoms with van der Waals surface area (Å²) in [6, 6.07) is 12.4. The number of nitriles is 1. The zero-order chi connectivity index (χ0) is 13.0. The van der Waals surface area contributed by atoms with Crippen LogP contribution in [0.4, 0.5) is 0 Å². The standard InChI is InChI=1S/C14H14BrN3/c1-2-18-13(14(15)12(10-16)17-18)9-8-11-6-4-3-5-7-11/h3-7H,2,8-9H2,1H3. The number of aryl methyl sites for hydroxylation is 2. The first-order valence-corrected chi connectivity index (χ1v) is 6.74. The first-order chi connectivity index (χ1) is 8.76. The molecule has 0 spiro atoms. The maximum Gasteiger partial charge on any atom is 0.176 e. The van der Waals surface area contributed by atoms with Gasteiger partial charge in [-0.1, -0.05) is 30.3 Å². The third-order valence-corrected chi connectivity index (χ3v) is 3.73. The van der Waals surface area contributed by atoms with Gasteiger partial charge in [-0.05, 0) is 41.3 Å². The predicted molar refractivity (Wildman–Crippen MR) is 74.2 cm³/mol. The minimum absolute atomic E-state index is 0.472. The molecule has 18 heavy (non-hydrogen) atoms. The molecule has 0 fully saturated rings. The average molecular weight is 304 g/mol. The molecule has 0 aliphatic heterocycles. The molecule has 92 valence electrons. The topological polar surface area (TPSA) is 41.6 Å². The Morgan fingerprint density at radius 2 is 2.00 bits per heavy atom. The number of aromatic nitrogens is 2. The van der Waals surface area contributed by atoms with E-state index in [0.29, 0.717) is 5.69 Å². The summed E-state index contributed by atoms with van der Waals surface area (Å²) in [5, 5.41) is 13.2. The highest BCUT2D eigenvalue weighted by Crippen LogP contribution is 2.22. The summed E-state index contributed by atoms with van der Waals surface area (Å²) in [5.74, 6) is 0. The van der Waals surface area contributed by atoms with Crippen molar-refractivity contribution in [3.05, 3.63) is 51.8 Å². The van der Waals surface area contributed by atoms with Crippen LogP contribution in [0.1, 0.15) is 23.9 Å². The highest BCUT2D eigenvalue weighted by Gasteiger charge is 2.14. The monoisotopic (exact) mass is 303 g/mol. The summed E-state index contributed by atoms with van der Waals surface area (Å²) in [5.41, 5.74) is 2.87. The van der Waals surface area contributed by atoms with Gasteiger partial charge >= 0.3 is 0 Å². The third kappa shape index (κ3) is 2.62. The molecule has 0 radical (unpaired) electrons. The molecular weight excluding hydrogens is 290 g/mol. The van der Waals surface area contributed by atoms with Crippen molar-refractivity contribution in [2.75, 3.05) is 0 Å². The maximum atomic E-state index is 8.98. The molecule has 0 unspecified atom stereocenters. The van der Waals surface area contributed by atoms with Crippen LogP contribution >= 0.6 is 15.9 Å². The van der Waals surface area contributed by atoms with E-state index in [1.807, 2.05) is 29.8 Å². The molecule has 0 aliphatic rings. The fourth-order valence-corrected chi connectivity index (χ4v) is 2.53. The van der Waals surface area contributed by atoms with Gasteiger partial charge in [-0.3, -0.25) is 4.68 Å². The van der Waals surface area contributed by atoms with Crippen molar-refractivity contribution in [1.82, 2.24) is 9.78 Å². The molecule has 0 N–H and O–H groups in total. The first-order valence-electron chi connectivity index (χ1n) is 5.95. The first kappa shape index (κ1) is 12.8. The van der Waals surface area contributed by atoms with Crippen LogP contribution in [-0.2, 0) is 19.4 Å². The molecule has 2 rings (SSSR count). The summed E-state index contributed by atoms with van der Waals surface area (Å²) in [6.07, 6.45) is 1.84. The van der Waals surface area contributed by atoms with Crippen LogP contribution in [0.5, 0.6) is 0 Å². The zero-order valence-electron chi connectivity index (χ0n) is 10.2. The lowest BCUT2D eigenvalue weighted by atomic mass is 10.1. The maximum absolute atomic E-state index is 8.98. The second kappa shape index (κ2) is 5.83. The van der Waals surface area contributed by atoms with Crippen molar-refractivity contribution in [2.45, 2.75) is 26.3 Å². The Bertz CT molecular complexity index is 567. The van der Waals surface area contributed by atoms with E-state index in [0.717, 1.165) is 29.6 Å². The largest absolute Gasteiger partial charge is 0.267 e. The summed E-state index contributed by atoms with van der Waals surface area (Å²) in [6.45, 7) is 2.82. The lowest BCUT2D eigenvalue weighted by Gasteiger charge is -2.05. The van der Waals surface area contributed by atoms with Crippen molar-refractivity contribution in [2.24, 2.45) is 0 Å². The second-order valence-electron chi connectivity index (χ2n) is 4.02. The van der Waals surface area contributed by atoms with E-state index in [1.165, 1.54) is 5.56 Å². The summed E-state index contributed by atoms with van der Waals surface area (Å²) in [4.78, 5) is 0. The number of hydrogen-bond acceptors (Lipinski definition) is 2. The minimum atomic E-state index is 0.472. The Morgan fingerprint density at radius 1 is 1.28 bits per heavy atom. The Labute approximate surface area is 115 Å². The molecule has 0 aliphatic carbocycles. The van der Waals surface area contributed by atoms with Gasteiger partial charge in [0.05, 0.1) is 10.2 Å². The van der Waals surface area contributed by atoms with Gasteiger partial charge in [0.25, 0.3) is 0 Å². The van der Waals surface area contributed by atoms with Gasteiger partial charge in [-0.15, -0.1) is 0 Å². The molecule has 3 nitrogen and oxygen atoms in total. The SMILES string of the molecule is CCn1nc(C#N)c(Br)c1CCc1ccccc1. The van der Waals surface area contributed by atoms with E-state index in [-0.39, 0.29) is 0 Å². The highest BCUT2D eigenvalue weighted by atomic mass is 79.9. The number of nitrogens with zero attached hydrogens (tertiary/aromatic N) is 3. The molecule has 0 bridgehead atoms. The fourth-order valence-electron chi connectivity index (χ4n) is 1.95. The van der Waals surface area contributed by atoms with Gasteiger partial charge in [-0.2, -0.15) is 10.4 Å². The van der Waals surface area contributed by atoms with Gasteiger partial charge in [0, 0.05) is 6.54 Å². The van der Waals surface area contributed by atoms with E-state index in [2.05, 4.69) is 39.2 Å². The quantitative estimate of drug-likeness (QED) is 0.869. The Morgan fingerprint density at radius 3 is 2.61 bits per heavy atom. The van der Waals surface area contributed by atoms with Gasteiger partial charge in [-0.25, -0.2) is 0 Å². The van der Waals surface area contributed by atoms with Gasteiger partial charge in [0.2, 0.25) is 0 Å². The van der Waals surface area contributed by atoms with Crippen LogP contribution in [0.25, 0.3) is 0 Å². The molecular formula is C14H14BrN3. The Hall–Kier alpha value is -1.60. The number of halogens is 1. The van der Waals surface area contributed by atoms with E-state index in [4.69, 9.17) is 5.26 Å². The molecule has 0 saturated carbocycles. The van der Waals surface area contributed by atoms with E-state index in [9.17, 15) is 0 Å². The van der Waals surface area contributed by atoms with Crippen molar-refractivity contribution in [3.8, 4) is 6.07 Å². The normalized spacial score (nSPS) is 10.3. The smallest absolute Gasteiger partial charge is 0.176 e. The Balaban J connectivity index is 2.19. The van der Waals surface area contributed by atoms with Crippen molar-refractivity contribution < 1.29 is 0 Å². The lowest BCUT2D eigenvalue weighted by molar-refractivity contribution is 0.616. The molecule has 1 aromatic carbocycles. The number of rotatable bonds is 4. The summed E-state index contributed by atoms with van der Waals surface area (Å²) in [7, 11) is 0. The lowest BCUT2D eigenvalue weighted by Crippen LogP contribution is -2.04. The molecule has 0 amide bonds. The van der Waals surface area contributed by atoms with Crippen molar-refractivity contribution in [3.63, 3.8) is 0 Å². The Kier molecular flexibility index (Phi) is 4.16. The van der Waals surface area contributed by atoms with Gasteiger partial charge in [0.1, 0.15) is 6.07 Å². The van der Waals surface area contributed by atoms with Crippen LogP contribution in [0.2, 0.25) is 0 Å². The summed E-state index contributed by atoms with van der Waals surface area (Å²) >= 11 is 3.47. The molecule has 1 aromatic heterocycles. The van der Waals surface area contributed by atoms with Crippen LogP contribution < -0.4 is 0 Å². The van der Waals surface area contributed by atoms with Crippen molar-refractivity contribution >= 4 is 15.9 Å². The van der Waals surface area contributed by atoms with E-state index in [1.54, 1.807) is 0 Å². The van der Waals surface area contributed by atoms with Crippen LogP contribution in [0, 0.1) is 11.3 Å². The molecule has 0 atom stereocenters. The number of hydrogen-bond donors (Lipinski definition) is 0. The molecule has 4 heteroatoms. The van der Waals surface area contributed by atoms with Crippen LogP contribution in [0.15, 0.2) is 34.8 Å². The summed E-state index contributed by atoms with van der Waals surface area (Å²) < 4.78 is 2.73. The van der Waals surface area contributed by atoms with Gasteiger partial charge in [0.15, 0.2) is 5.69 Å². The third-order valence-electron chi connectivity index (χ3n) is 2.89. The van der Waals surface area contributed by atoms with E-state index < -0.39 is 0 Å². The predicted octanol–water partition coefficient (Wildman–Crippen LogP) is 3.32. The second-order valence-corrected chi connectivity index (χ2v) is 4.82. The fraction of sp³-hybridized carbons (Fsp3) is 0.286. The minimum Gasteiger partial charge on any atom is -0.267 e. The van der Waals surface area contributed by atoms with Gasteiger partial charge < -0.3 is 0 Å².